The molecule has 1 N–H and O–H groups in total. The van der Waals surface area contributed by atoms with Crippen LogP contribution in [-0.2, 0) is 4.74 Å². The predicted octanol–water partition coefficient (Wildman–Crippen LogP) is 2.59. The number of rotatable bonds is 3. The maximum absolute atomic E-state index is 9.89. The standard InChI is InChI=1S/C14H20BrNO2/c1-14(2,17)10-16-7-8-18-13(9-16)11-5-3-4-6-12(11)15/h3-6,13,17H,7-10H2,1-2H3. The summed E-state index contributed by atoms with van der Waals surface area (Å²) < 4.78 is 6.92. The number of nitrogens with zero attached hydrogens (tertiary/aromatic N) is 1. The van der Waals surface area contributed by atoms with Crippen molar-refractivity contribution in [3.63, 3.8) is 0 Å². The lowest BCUT2D eigenvalue weighted by molar-refractivity contribution is -0.0565. The minimum Gasteiger partial charge on any atom is -0.389 e. The molecule has 4 heteroatoms. The molecule has 1 unspecified atom stereocenters. The Kier molecular flexibility index (Phi) is 4.43. The second-order valence-electron chi connectivity index (χ2n) is 5.43. The number of halogens is 1. The van der Waals surface area contributed by atoms with E-state index in [4.69, 9.17) is 4.74 Å². The van der Waals surface area contributed by atoms with Gasteiger partial charge in [-0.2, -0.15) is 0 Å². The molecule has 0 aliphatic carbocycles. The van der Waals surface area contributed by atoms with E-state index in [0.29, 0.717) is 13.2 Å². The fourth-order valence-electron chi connectivity index (χ4n) is 2.32. The van der Waals surface area contributed by atoms with Crippen molar-refractivity contribution in [2.75, 3.05) is 26.2 Å². The van der Waals surface area contributed by atoms with Gasteiger partial charge in [-0.1, -0.05) is 34.1 Å². The molecule has 18 heavy (non-hydrogen) atoms. The first-order chi connectivity index (χ1) is 8.46. The van der Waals surface area contributed by atoms with Gasteiger partial charge in [0.1, 0.15) is 0 Å². The zero-order chi connectivity index (χ0) is 13.2. The summed E-state index contributed by atoms with van der Waals surface area (Å²) in [6.45, 7) is 6.78. The van der Waals surface area contributed by atoms with Crippen LogP contribution < -0.4 is 0 Å². The lowest BCUT2D eigenvalue weighted by Gasteiger charge is -2.36. The van der Waals surface area contributed by atoms with Crippen LogP contribution in [0.1, 0.15) is 25.5 Å². The van der Waals surface area contributed by atoms with E-state index in [0.717, 1.165) is 17.6 Å². The monoisotopic (exact) mass is 313 g/mol. The quantitative estimate of drug-likeness (QED) is 0.931. The summed E-state index contributed by atoms with van der Waals surface area (Å²) >= 11 is 3.57. The van der Waals surface area contributed by atoms with Crippen LogP contribution in [0.3, 0.4) is 0 Å². The van der Waals surface area contributed by atoms with Crippen LogP contribution in [0.25, 0.3) is 0 Å². The van der Waals surface area contributed by atoms with Gasteiger partial charge in [0.2, 0.25) is 0 Å². The normalized spacial score (nSPS) is 22.1. The molecule has 0 saturated carbocycles. The van der Waals surface area contributed by atoms with Crippen LogP contribution >= 0.6 is 15.9 Å². The minimum absolute atomic E-state index is 0.0803. The van der Waals surface area contributed by atoms with Crippen molar-refractivity contribution in [2.45, 2.75) is 25.6 Å². The number of morpholine rings is 1. The van der Waals surface area contributed by atoms with Gasteiger partial charge in [-0.25, -0.2) is 0 Å². The molecule has 0 bridgehead atoms. The molecule has 0 amide bonds. The number of ether oxygens (including phenoxy) is 1. The molecule has 1 atom stereocenters. The summed E-state index contributed by atoms with van der Waals surface area (Å²) in [5, 5.41) is 9.89. The molecule has 1 aliphatic rings. The Morgan fingerprint density at radius 2 is 2.17 bits per heavy atom. The smallest absolute Gasteiger partial charge is 0.0963 e. The van der Waals surface area contributed by atoms with E-state index in [1.807, 2.05) is 32.0 Å². The van der Waals surface area contributed by atoms with Gasteiger partial charge in [-0.3, -0.25) is 4.90 Å². The molecule has 100 valence electrons. The zero-order valence-corrected chi connectivity index (χ0v) is 12.5. The topological polar surface area (TPSA) is 32.7 Å². The van der Waals surface area contributed by atoms with Crippen LogP contribution in [0.2, 0.25) is 0 Å². The van der Waals surface area contributed by atoms with Gasteiger partial charge in [0.05, 0.1) is 18.3 Å². The van der Waals surface area contributed by atoms with Crippen LogP contribution in [-0.4, -0.2) is 41.8 Å². The highest BCUT2D eigenvalue weighted by Crippen LogP contribution is 2.28. The molecule has 1 aromatic carbocycles. The van der Waals surface area contributed by atoms with E-state index in [2.05, 4.69) is 26.9 Å². The van der Waals surface area contributed by atoms with Gasteiger partial charge >= 0.3 is 0 Å². The number of aliphatic hydroxyl groups is 1. The SMILES string of the molecule is CC(C)(O)CN1CCOC(c2ccccc2Br)C1. The second kappa shape index (κ2) is 5.70. The molecule has 1 aromatic rings. The van der Waals surface area contributed by atoms with E-state index in [1.165, 1.54) is 5.56 Å². The Morgan fingerprint density at radius 1 is 1.44 bits per heavy atom. The second-order valence-corrected chi connectivity index (χ2v) is 6.28. The molecule has 1 fully saturated rings. The van der Waals surface area contributed by atoms with Crippen molar-refractivity contribution in [1.82, 2.24) is 4.90 Å². The summed E-state index contributed by atoms with van der Waals surface area (Å²) in [6.07, 6.45) is 0.0803. The lowest BCUT2D eigenvalue weighted by Crippen LogP contribution is -2.45. The van der Waals surface area contributed by atoms with Gasteiger partial charge < -0.3 is 9.84 Å². The van der Waals surface area contributed by atoms with E-state index >= 15 is 0 Å². The average Bonchev–Trinajstić information content (AvgIpc) is 2.27. The molecule has 3 nitrogen and oxygen atoms in total. The van der Waals surface area contributed by atoms with E-state index in [1.54, 1.807) is 0 Å². The van der Waals surface area contributed by atoms with Gasteiger partial charge in [-0.15, -0.1) is 0 Å². The molecular weight excluding hydrogens is 294 g/mol. The zero-order valence-electron chi connectivity index (χ0n) is 10.9. The van der Waals surface area contributed by atoms with Gasteiger partial charge in [0.15, 0.2) is 0 Å². The molecule has 1 aliphatic heterocycles. The summed E-state index contributed by atoms with van der Waals surface area (Å²) in [7, 11) is 0. The van der Waals surface area contributed by atoms with Crippen LogP contribution in [0.15, 0.2) is 28.7 Å². The molecule has 0 spiro atoms. The minimum atomic E-state index is -0.657. The highest BCUT2D eigenvalue weighted by atomic mass is 79.9. The first kappa shape index (κ1) is 14.0. The maximum atomic E-state index is 9.89. The van der Waals surface area contributed by atoms with Gasteiger partial charge in [0.25, 0.3) is 0 Å². The van der Waals surface area contributed by atoms with Crippen molar-refractivity contribution in [2.24, 2.45) is 0 Å². The third kappa shape index (κ3) is 3.79. The van der Waals surface area contributed by atoms with E-state index in [9.17, 15) is 5.11 Å². The van der Waals surface area contributed by atoms with Crippen molar-refractivity contribution < 1.29 is 9.84 Å². The third-order valence-corrected chi connectivity index (χ3v) is 3.74. The van der Waals surface area contributed by atoms with Crippen molar-refractivity contribution in [1.29, 1.82) is 0 Å². The summed E-state index contributed by atoms with van der Waals surface area (Å²) in [4.78, 5) is 2.26. The largest absolute Gasteiger partial charge is 0.389 e. The molecule has 1 heterocycles. The Hall–Kier alpha value is -0.420. The Labute approximate surface area is 117 Å². The number of β-amino-alcohol motifs (C(OH)–C–C–N with tert-alkyl or cyclic N) is 1. The lowest BCUT2D eigenvalue weighted by atomic mass is 10.1. The Morgan fingerprint density at radius 3 is 2.83 bits per heavy atom. The number of hydrogen-bond acceptors (Lipinski definition) is 3. The highest BCUT2D eigenvalue weighted by Gasteiger charge is 2.26. The van der Waals surface area contributed by atoms with Crippen molar-refractivity contribution in [3.05, 3.63) is 34.3 Å². The molecule has 2 rings (SSSR count). The number of hydrogen-bond donors (Lipinski definition) is 1. The van der Waals surface area contributed by atoms with Crippen LogP contribution in [0, 0.1) is 0 Å². The molecule has 0 aromatic heterocycles. The van der Waals surface area contributed by atoms with Crippen LogP contribution in [0.4, 0.5) is 0 Å². The summed E-state index contributed by atoms with van der Waals surface area (Å²) in [5.74, 6) is 0. The first-order valence-corrected chi connectivity index (χ1v) is 7.06. The molecule has 0 radical (unpaired) electrons. The maximum Gasteiger partial charge on any atom is 0.0963 e. The van der Waals surface area contributed by atoms with Gasteiger partial charge in [-0.05, 0) is 25.5 Å². The fraction of sp³-hybridized carbons (Fsp3) is 0.571. The fourth-order valence-corrected chi connectivity index (χ4v) is 2.86. The third-order valence-electron chi connectivity index (χ3n) is 3.01. The number of benzene rings is 1. The average molecular weight is 314 g/mol. The Balaban J connectivity index is 2.05. The predicted molar refractivity (Wildman–Crippen MR) is 75.6 cm³/mol. The van der Waals surface area contributed by atoms with Crippen LogP contribution in [0.5, 0.6) is 0 Å². The van der Waals surface area contributed by atoms with Gasteiger partial charge in [0, 0.05) is 24.1 Å². The highest BCUT2D eigenvalue weighted by molar-refractivity contribution is 9.10. The molecule has 1 saturated heterocycles. The van der Waals surface area contributed by atoms with E-state index < -0.39 is 5.60 Å². The molecular formula is C14H20BrNO2. The van der Waals surface area contributed by atoms with E-state index in [-0.39, 0.29) is 6.10 Å². The summed E-state index contributed by atoms with van der Waals surface area (Å²) in [5.41, 5.74) is 0.522. The Bertz CT molecular complexity index is 403. The van der Waals surface area contributed by atoms with Crippen molar-refractivity contribution >= 4 is 15.9 Å². The van der Waals surface area contributed by atoms with Crippen molar-refractivity contribution in [3.8, 4) is 0 Å². The first-order valence-electron chi connectivity index (χ1n) is 6.26. The summed E-state index contributed by atoms with van der Waals surface area (Å²) in [6, 6.07) is 8.15.